The molecule has 0 bridgehead atoms. The van der Waals surface area contributed by atoms with Gasteiger partial charge in [0.25, 0.3) is 5.69 Å². The highest BCUT2D eigenvalue weighted by Crippen LogP contribution is 2.31. The van der Waals surface area contributed by atoms with Crippen LogP contribution in [0.2, 0.25) is 10.0 Å². The van der Waals surface area contributed by atoms with Crippen molar-refractivity contribution in [3.8, 4) is 0 Å². The Balaban J connectivity index is 2.30. The zero-order valence-corrected chi connectivity index (χ0v) is 11.1. The average molecular weight is 295 g/mol. The molecule has 2 aromatic rings. The molecule has 19 heavy (non-hydrogen) atoms. The summed E-state index contributed by atoms with van der Waals surface area (Å²) in [6.45, 7) is 0. The van der Waals surface area contributed by atoms with Gasteiger partial charge in [0.15, 0.2) is 0 Å². The van der Waals surface area contributed by atoms with Crippen molar-refractivity contribution in [2.24, 2.45) is 4.99 Å². The van der Waals surface area contributed by atoms with Crippen molar-refractivity contribution in [2.45, 2.75) is 0 Å². The first-order valence-corrected chi connectivity index (χ1v) is 6.06. The number of hydrogen-bond acceptors (Lipinski definition) is 3. The van der Waals surface area contributed by atoms with Gasteiger partial charge in [0.2, 0.25) is 0 Å². The summed E-state index contributed by atoms with van der Waals surface area (Å²) >= 11 is 11.9. The summed E-state index contributed by atoms with van der Waals surface area (Å²) in [6, 6.07) is 11.3. The summed E-state index contributed by atoms with van der Waals surface area (Å²) in [5, 5.41) is 11.4. The number of aliphatic imine (C=N–C) groups is 1. The number of nitro benzene ring substituents is 1. The highest BCUT2D eigenvalue weighted by Gasteiger charge is 2.05. The molecule has 0 atom stereocenters. The van der Waals surface area contributed by atoms with E-state index in [0.29, 0.717) is 21.3 Å². The van der Waals surface area contributed by atoms with E-state index in [0.717, 1.165) is 0 Å². The fourth-order valence-corrected chi connectivity index (χ4v) is 1.80. The van der Waals surface area contributed by atoms with Crippen molar-refractivity contribution in [1.82, 2.24) is 0 Å². The van der Waals surface area contributed by atoms with Gasteiger partial charge in [-0.2, -0.15) is 0 Å². The number of nitrogens with zero attached hydrogens (tertiary/aromatic N) is 2. The van der Waals surface area contributed by atoms with Crippen LogP contribution in [0.5, 0.6) is 0 Å². The minimum atomic E-state index is -0.455. The van der Waals surface area contributed by atoms with E-state index in [1.54, 1.807) is 30.3 Å². The topological polar surface area (TPSA) is 55.5 Å². The molecule has 2 aromatic carbocycles. The predicted octanol–water partition coefficient (Wildman–Crippen LogP) is 4.65. The zero-order chi connectivity index (χ0) is 13.8. The summed E-state index contributed by atoms with van der Waals surface area (Å²) < 4.78 is 0. The van der Waals surface area contributed by atoms with Gasteiger partial charge in [-0.3, -0.25) is 15.1 Å². The molecule has 0 radical (unpaired) electrons. The summed E-state index contributed by atoms with van der Waals surface area (Å²) in [7, 11) is 0. The maximum absolute atomic E-state index is 10.6. The number of hydrogen-bond donors (Lipinski definition) is 0. The molecule has 0 spiro atoms. The first-order valence-electron chi connectivity index (χ1n) is 5.30. The Morgan fingerprint density at radius 3 is 2.63 bits per heavy atom. The van der Waals surface area contributed by atoms with E-state index in [2.05, 4.69) is 4.99 Å². The minimum absolute atomic E-state index is 0.0149. The molecule has 96 valence electrons. The van der Waals surface area contributed by atoms with Crippen molar-refractivity contribution in [1.29, 1.82) is 0 Å². The first kappa shape index (κ1) is 13.5. The quantitative estimate of drug-likeness (QED) is 0.470. The maximum atomic E-state index is 10.6. The van der Waals surface area contributed by atoms with Gasteiger partial charge in [0, 0.05) is 18.3 Å². The highest BCUT2D eigenvalue weighted by atomic mass is 35.5. The van der Waals surface area contributed by atoms with Crippen molar-refractivity contribution in [3.63, 3.8) is 0 Å². The van der Waals surface area contributed by atoms with Crippen LogP contribution in [-0.2, 0) is 0 Å². The molecule has 0 aliphatic carbocycles. The van der Waals surface area contributed by atoms with E-state index in [-0.39, 0.29) is 5.69 Å². The molecular weight excluding hydrogens is 287 g/mol. The largest absolute Gasteiger partial charge is 0.270 e. The molecule has 6 heteroatoms. The van der Waals surface area contributed by atoms with E-state index in [4.69, 9.17) is 23.2 Å². The number of nitro groups is 1. The number of non-ortho nitro benzene ring substituents is 1. The molecular formula is C13H8Cl2N2O2. The third kappa shape index (κ3) is 3.30. The Hall–Kier alpha value is -1.91. The SMILES string of the molecule is O=[N+]([O-])c1cccc(C=Nc2cccc(Cl)c2Cl)c1. The maximum Gasteiger partial charge on any atom is 0.270 e. The second-order valence-electron chi connectivity index (χ2n) is 3.68. The van der Waals surface area contributed by atoms with Crippen molar-refractivity contribution in [3.05, 3.63) is 68.2 Å². The van der Waals surface area contributed by atoms with Crippen LogP contribution in [0.25, 0.3) is 0 Å². The molecule has 2 rings (SSSR count). The van der Waals surface area contributed by atoms with Gasteiger partial charge in [0.1, 0.15) is 0 Å². The fraction of sp³-hybridized carbons (Fsp3) is 0. The van der Waals surface area contributed by atoms with Crippen molar-refractivity contribution < 1.29 is 4.92 Å². The van der Waals surface area contributed by atoms with E-state index < -0.39 is 4.92 Å². The van der Waals surface area contributed by atoms with Gasteiger partial charge < -0.3 is 0 Å². The van der Waals surface area contributed by atoms with Gasteiger partial charge in [-0.1, -0.05) is 41.4 Å². The molecule has 0 amide bonds. The van der Waals surface area contributed by atoms with Crippen molar-refractivity contribution in [2.75, 3.05) is 0 Å². The summed E-state index contributed by atoms with van der Waals surface area (Å²) in [6.07, 6.45) is 1.50. The lowest BCUT2D eigenvalue weighted by atomic mass is 10.2. The standard InChI is InChI=1S/C13H8Cl2N2O2/c14-11-5-2-6-12(13(11)15)16-8-9-3-1-4-10(7-9)17(18)19/h1-8H. The van der Waals surface area contributed by atoms with E-state index in [1.165, 1.54) is 18.3 Å². The lowest BCUT2D eigenvalue weighted by molar-refractivity contribution is -0.384. The molecule has 0 unspecified atom stereocenters. The first-order chi connectivity index (χ1) is 9.08. The smallest absolute Gasteiger partial charge is 0.258 e. The lowest BCUT2D eigenvalue weighted by Gasteiger charge is -1.99. The number of benzene rings is 2. The monoisotopic (exact) mass is 294 g/mol. The highest BCUT2D eigenvalue weighted by molar-refractivity contribution is 6.43. The van der Waals surface area contributed by atoms with Crippen LogP contribution >= 0.6 is 23.2 Å². The molecule has 0 aliphatic heterocycles. The summed E-state index contributed by atoms with van der Waals surface area (Å²) in [5.74, 6) is 0. The number of rotatable bonds is 3. The third-order valence-corrected chi connectivity index (χ3v) is 3.17. The van der Waals surface area contributed by atoms with Gasteiger partial charge in [-0.05, 0) is 17.7 Å². The van der Waals surface area contributed by atoms with Crippen LogP contribution in [0.4, 0.5) is 11.4 Å². The van der Waals surface area contributed by atoms with E-state index >= 15 is 0 Å². The second-order valence-corrected chi connectivity index (χ2v) is 4.47. The van der Waals surface area contributed by atoms with Crippen molar-refractivity contribution >= 4 is 40.8 Å². The Morgan fingerprint density at radius 1 is 1.16 bits per heavy atom. The van der Waals surface area contributed by atoms with Crippen LogP contribution in [0, 0.1) is 10.1 Å². The minimum Gasteiger partial charge on any atom is -0.258 e. The van der Waals surface area contributed by atoms with Gasteiger partial charge >= 0.3 is 0 Å². The lowest BCUT2D eigenvalue weighted by Crippen LogP contribution is -1.89. The molecule has 0 saturated heterocycles. The van der Waals surface area contributed by atoms with E-state index in [1.807, 2.05) is 0 Å². The summed E-state index contributed by atoms with van der Waals surface area (Å²) in [4.78, 5) is 14.4. The van der Waals surface area contributed by atoms with Gasteiger partial charge in [0.05, 0.1) is 20.7 Å². The average Bonchev–Trinajstić information content (AvgIpc) is 2.41. The van der Waals surface area contributed by atoms with Crippen LogP contribution in [0.3, 0.4) is 0 Å². The fourth-order valence-electron chi connectivity index (χ4n) is 1.45. The summed E-state index contributed by atoms with van der Waals surface area (Å²) in [5.41, 5.74) is 1.15. The normalized spacial score (nSPS) is 10.8. The number of halogens is 2. The second kappa shape index (κ2) is 5.82. The van der Waals surface area contributed by atoms with Gasteiger partial charge in [-0.15, -0.1) is 0 Å². The van der Waals surface area contributed by atoms with Gasteiger partial charge in [-0.25, -0.2) is 0 Å². The zero-order valence-electron chi connectivity index (χ0n) is 9.59. The Morgan fingerprint density at radius 2 is 1.89 bits per heavy atom. The Bertz CT molecular complexity index is 657. The molecule has 0 heterocycles. The molecule has 0 aromatic heterocycles. The Labute approximate surface area is 119 Å². The third-order valence-electron chi connectivity index (χ3n) is 2.36. The Kier molecular flexibility index (Phi) is 4.14. The van der Waals surface area contributed by atoms with Crippen LogP contribution in [0.1, 0.15) is 5.56 Å². The molecule has 0 aliphatic rings. The molecule has 0 N–H and O–H groups in total. The molecule has 0 fully saturated rings. The van der Waals surface area contributed by atoms with Crippen LogP contribution in [0.15, 0.2) is 47.5 Å². The van der Waals surface area contributed by atoms with Crippen LogP contribution in [-0.4, -0.2) is 11.1 Å². The predicted molar refractivity (Wildman–Crippen MR) is 76.8 cm³/mol. The van der Waals surface area contributed by atoms with Crippen LogP contribution < -0.4 is 0 Å². The molecule has 0 saturated carbocycles. The molecule has 4 nitrogen and oxygen atoms in total. The van der Waals surface area contributed by atoms with E-state index in [9.17, 15) is 10.1 Å².